The van der Waals surface area contributed by atoms with Crippen LogP contribution in [0.15, 0.2) is 53.4 Å². The first-order chi connectivity index (χ1) is 10.9. The van der Waals surface area contributed by atoms with E-state index < -0.39 is 0 Å². The standard InChI is InChI=1S/C18H20N2O2S/c1-12-7-9-15(10-8-12)20-18(22)13(2)23-17-6-4-5-16(11-17)19-14(3)21/h4-11,13H,1-3H3,(H,19,21)(H,20,22). The van der Waals surface area contributed by atoms with Gasteiger partial charge < -0.3 is 10.6 Å². The molecule has 1 atom stereocenters. The molecule has 0 saturated carbocycles. The predicted octanol–water partition coefficient (Wildman–Crippen LogP) is 4.07. The highest BCUT2D eigenvalue weighted by Gasteiger charge is 2.14. The van der Waals surface area contributed by atoms with Crippen molar-refractivity contribution >= 4 is 35.0 Å². The summed E-state index contributed by atoms with van der Waals surface area (Å²) in [5.74, 6) is -0.166. The lowest BCUT2D eigenvalue weighted by atomic mass is 10.2. The summed E-state index contributed by atoms with van der Waals surface area (Å²) in [4.78, 5) is 24.3. The number of anilines is 2. The molecule has 0 fully saturated rings. The molecule has 4 nitrogen and oxygen atoms in total. The van der Waals surface area contributed by atoms with Crippen molar-refractivity contribution in [1.82, 2.24) is 0 Å². The smallest absolute Gasteiger partial charge is 0.237 e. The van der Waals surface area contributed by atoms with E-state index in [4.69, 9.17) is 0 Å². The molecule has 2 amide bonds. The highest BCUT2D eigenvalue weighted by atomic mass is 32.2. The number of thioether (sulfide) groups is 1. The van der Waals surface area contributed by atoms with Gasteiger partial charge in [0.05, 0.1) is 5.25 Å². The molecule has 2 N–H and O–H groups in total. The Morgan fingerprint density at radius 3 is 2.35 bits per heavy atom. The van der Waals surface area contributed by atoms with Gasteiger partial charge in [0, 0.05) is 23.2 Å². The maximum Gasteiger partial charge on any atom is 0.237 e. The third kappa shape index (κ3) is 5.45. The maximum atomic E-state index is 12.3. The lowest BCUT2D eigenvalue weighted by Crippen LogP contribution is -2.22. The molecule has 0 radical (unpaired) electrons. The number of benzene rings is 2. The predicted molar refractivity (Wildman–Crippen MR) is 95.9 cm³/mol. The van der Waals surface area contributed by atoms with Crippen molar-refractivity contribution in [3.8, 4) is 0 Å². The van der Waals surface area contributed by atoms with Crippen LogP contribution in [0.4, 0.5) is 11.4 Å². The molecule has 5 heteroatoms. The highest BCUT2D eigenvalue weighted by molar-refractivity contribution is 8.00. The second-order valence-corrected chi connectivity index (χ2v) is 6.74. The molecule has 0 aromatic heterocycles. The number of carbonyl (C=O) groups excluding carboxylic acids is 2. The van der Waals surface area contributed by atoms with Crippen molar-refractivity contribution in [2.75, 3.05) is 10.6 Å². The Labute approximate surface area is 140 Å². The van der Waals surface area contributed by atoms with Crippen LogP contribution in [-0.2, 0) is 9.59 Å². The summed E-state index contributed by atoms with van der Waals surface area (Å²) < 4.78 is 0. The lowest BCUT2D eigenvalue weighted by molar-refractivity contribution is -0.115. The molecular formula is C18H20N2O2S. The molecule has 120 valence electrons. The molecule has 0 bridgehead atoms. The van der Waals surface area contributed by atoms with Crippen molar-refractivity contribution in [2.24, 2.45) is 0 Å². The molecule has 2 aromatic rings. The molecule has 0 saturated heterocycles. The SMILES string of the molecule is CC(=O)Nc1cccc(SC(C)C(=O)Nc2ccc(C)cc2)c1. The molecule has 2 aromatic carbocycles. The van der Waals surface area contributed by atoms with Crippen molar-refractivity contribution in [1.29, 1.82) is 0 Å². The van der Waals surface area contributed by atoms with E-state index in [9.17, 15) is 9.59 Å². The molecular weight excluding hydrogens is 308 g/mol. The molecule has 2 rings (SSSR count). The maximum absolute atomic E-state index is 12.3. The zero-order chi connectivity index (χ0) is 16.8. The van der Waals surface area contributed by atoms with E-state index in [1.807, 2.05) is 62.4 Å². The second-order valence-electron chi connectivity index (χ2n) is 5.32. The molecule has 0 aliphatic rings. The minimum Gasteiger partial charge on any atom is -0.326 e. The third-order valence-corrected chi connectivity index (χ3v) is 4.25. The average Bonchev–Trinajstić information content (AvgIpc) is 2.49. The summed E-state index contributed by atoms with van der Waals surface area (Å²) in [6.45, 7) is 5.34. The summed E-state index contributed by atoms with van der Waals surface area (Å²) >= 11 is 1.45. The topological polar surface area (TPSA) is 58.2 Å². The number of nitrogens with one attached hydrogen (secondary N) is 2. The van der Waals surface area contributed by atoms with Crippen LogP contribution in [-0.4, -0.2) is 17.1 Å². The van der Waals surface area contributed by atoms with E-state index in [-0.39, 0.29) is 17.1 Å². The van der Waals surface area contributed by atoms with Crippen molar-refractivity contribution in [2.45, 2.75) is 30.9 Å². The summed E-state index contributed by atoms with van der Waals surface area (Å²) in [7, 11) is 0. The number of aryl methyl sites for hydroxylation is 1. The van der Waals surface area contributed by atoms with Crippen LogP contribution < -0.4 is 10.6 Å². The van der Waals surface area contributed by atoms with Gasteiger partial charge in [0.15, 0.2) is 0 Å². The van der Waals surface area contributed by atoms with Gasteiger partial charge in [-0.25, -0.2) is 0 Å². The fraction of sp³-hybridized carbons (Fsp3) is 0.222. The van der Waals surface area contributed by atoms with Gasteiger partial charge in [-0.2, -0.15) is 0 Å². The zero-order valence-electron chi connectivity index (χ0n) is 13.4. The van der Waals surface area contributed by atoms with Crippen LogP contribution in [0.25, 0.3) is 0 Å². The van der Waals surface area contributed by atoms with Gasteiger partial charge in [-0.3, -0.25) is 9.59 Å². The van der Waals surface area contributed by atoms with Gasteiger partial charge in [-0.05, 0) is 44.2 Å². The molecule has 0 spiro atoms. The molecule has 0 aliphatic heterocycles. The largest absolute Gasteiger partial charge is 0.326 e. The van der Waals surface area contributed by atoms with E-state index in [0.29, 0.717) is 0 Å². The molecule has 0 heterocycles. The van der Waals surface area contributed by atoms with Crippen LogP contribution in [0.2, 0.25) is 0 Å². The van der Waals surface area contributed by atoms with E-state index in [1.165, 1.54) is 18.7 Å². The van der Waals surface area contributed by atoms with E-state index in [0.717, 1.165) is 21.8 Å². The monoisotopic (exact) mass is 328 g/mol. The minimum atomic E-state index is -0.246. The Balaban J connectivity index is 1.97. The van der Waals surface area contributed by atoms with Crippen molar-refractivity contribution in [3.05, 3.63) is 54.1 Å². The quantitative estimate of drug-likeness (QED) is 0.813. The molecule has 0 aliphatic carbocycles. The Kier molecular flexibility index (Phi) is 5.82. The number of hydrogen-bond donors (Lipinski definition) is 2. The Morgan fingerprint density at radius 1 is 1.00 bits per heavy atom. The molecule has 1 unspecified atom stereocenters. The first kappa shape index (κ1) is 17.1. The van der Waals surface area contributed by atoms with Gasteiger partial charge in [0.25, 0.3) is 0 Å². The minimum absolute atomic E-state index is 0.0521. The molecule has 23 heavy (non-hydrogen) atoms. The van der Waals surface area contributed by atoms with Gasteiger partial charge in [-0.1, -0.05) is 23.8 Å². The van der Waals surface area contributed by atoms with Crippen LogP contribution in [0.3, 0.4) is 0 Å². The van der Waals surface area contributed by atoms with Gasteiger partial charge >= 0.3 is 0 Å². The Hall–Kier alpha value is -2.27. The summed E-state index contributed by atoms with van der Waals surface area (Å²) in [5.41, 5.74) is 2.67. The van der Waals surface area contributed by atoms with Crippen LogP contribution >= 0.6 is 11.8 Å². The average molecular weight is 328 g/mol. The Bertz CT molecular complexity index is 698. The van der Waals surface area contributed by atoms with Crippen LogP contribution in [0.1, 0.15) is 19.4 Å². The van der Waals surface area contributed by atoms with Gasteiger partial charge in [0.1, 0.15) is 0 Å². The summed E-state index contributed by atoms with van der Waals surface area (Å²) in [6.07, 6.45) is 0. The van der Waals surface area contributed by atoms with Crippen molar-refractivity contribution < 1.29 is 9.59 Å². The summed E-state index contributed by atoms with van der Waals surface area (Å²) in [5, 5.41) is 5.40. The number of carbonyl (C=O) groups is 2. The second kappa shape index (κ2) is 7.83. The Morgan fingerprint density at radius 2 is 1.70 bits per heavy atom. The lowest BCUT2D eigenvalue weighted by Gasteiger charge is -2.13. The normalized spacial score (nSPS) is 11.6. The number of rotatable bonds is 5. The van der Waals surface area contributed by atoms with Crippen LogP contribution in [0, 0.1) is 6.92 Å². The van der Waals surface area contributed by atoms with Gasteiger partial charge in [0.2, 0.25) is 11.8 Å². The van der Waals surface area contributed by atoms with Gasteiger partial charge in [-0.15, -0.1) is 11.8 Å². The third-order valence-electron chi connectivity index (χ3n) is 3.16. The highest BCUT2D eigenvalue weighted by Crippen LogP contribution is 2.26. The van der Waals surface area contributed by atoms with Crippen molar-refractivity contribution in [3.63, 3.8) is 0 Å². The van der Waals surface area contributed by atoms with Crippen LogP contribution in [0.5, 0.6) is 0 Å². The van der Waals surface area contributed by atoms with E-state index >= 15 is 0 Å². The first-order valence-electron chi connectivity index (χ1n) is 7.36. The van der Waals surface area contributed by atoms with E-state index in [2.05, 4.69) is 10.6 Å². The fourth-order valence-electron chi connectivity index (χ4n) is 1.99. The fourth-order valence-corrected chi connectivity index (χ4v) is 2.92. The number of amides is 2. The number of hydrogen-bond acceptors (Lipinski definition) is 3. The first-order valence-corrected chi connectivity index (χ1v) is 8.24. The zero-order valence-corrected chi connectivity index (χ0v) is 14.2. The van der Waals surface area contributed by atoms with E-state index in [1.54, 1.807) is 0 Å². The summed E-state index contributed by atoms with van der Waals surface area (Å²) in [6, 6.07) is 15.2.